The highest BCUT2D eigenvalue weighted by Gasteiger charge is 2.20. The zero-order valence-electron chi connectivity index (χ0n) is 44.0. The number of ether oxygens (including phenoxy) is 3. The Balaban J connectivity index is 0.000000160. The van der Waals surface area contributed by atoms with Gasteiger partial charge in [-0.3, -0.25) is 20.2 Å². The van der Waals surface area contributed by atoms with E-state index in [1.165, 1.54) is 64.0 Å². The van der Waals surface area contributed by atoms with Gasteiger partial charge in [-0.15, -0.1) is 0 Å². The molecule has 0 aromatic heterocycles. The molecule has 9 nitrogen and oxygen atoms in total. The number of aryl methyl sites for hydroxylation is 2. The standard InChI is InChI=1S/C14H14IO2.C14H14I.C13H12IO.C12H8IN2O4.C12H10I/c1-16-13-7-3-11(4-8-13)15-12-5-9-14(17-2)10-6-12;1-11-3-7-13(8-4-11)15-14-9-5-12(2)6-10-14;1-15-13-9-7-12(8-10-13)14-11-5-3-2-4-6-11;16-14(17)11-5-1-9(2-6-11)13-10-3-7-12(8-4-10)15(18)19;1-3-7-11(8-4-1)13-12-9-5-2-6-10-12/h3-10H,1-2H3;3-10H,1-2H3;2-10H,1H3;1-8H;1-10H/q5*+1. The van der Waals surface area contributed by atoms with E-state index in [-0.39, 0.29) is 96.2 Å². The van der Waals surface area contributed by atoms with Crippen molar-refractivity contribution in [3.8, 4) is 17.2 Å². The Labute approximate surface area is 515 Å². The Morgan fingerprint density at radius 1 is 0.266 bits per heavy atom. The minimum atomic E-state index is -0.482. The molecule has 0 radical (unpaired) electrons. The fourth-order valence-corrected chi connectivity index (χ4v) is 17.4. The van der Waals surface area contributed by atoms with Crippen LogP contribution in [0.3, 0.4) is 0 Å². The number of rotatable bonds is 15. The number of nitrogens with zero attached hydrogens (tertiary/aromatic N) is 2. The second-order valence-corrected chi connectivity index (χ2v) is 31.5. The fraction of sp³-hybridized carbons (Fsp3) is 0.0769. The molecule has 0 saturated carbocycles. The number of methoxy groups -OCH3 is 3. The highest BCUT2D eigenvalue weighted by Crippen LogP contribution is 2.11. The molecule has 0 amide bonds. The van der Waals surface area contributed by atoms with Crippen molar-refractivity contribution in [2.75, 3.05) is 21.3 Å². The van der Waals surface area contributed by atoms with Crippen LogP contribution in [0.2, 0.25) is 0 Å². The van der Waals surface area contributed by atoms with Crippen molar-refractivity contribution in [3.05, 3.63) is 328 Å². The van der Waals surface area contributed by atoms with Gasteiger partial charge in [0.2, 0.25) is 0 Å². The summed E-state index contributed by atoms with van der Waals surface area (Å²) >= 11 is -0.613. The molecule has 0 bridgehead atoms. The van der Waals surface area contributed by atoms with Gasteiger partial charge in [0, 0.05) is 24.3 Å². The lowest BCUT2D eigenvalue weighted by Gasteiger charge is -1.97. The largest absolute Gasteiger partial charge is 0.497 e. The molecule has 79 heavy (non-hydrogen) atoms. The molecule has 14 heteroatoms. The van der Waals surface area contributed by atoms with Gasteiger partial charge in [0.1, 0.15) is 17.2 Å². The van der Waals surface area contributed by atoms with E-state index < -0.39 is 31.1 Å². The third kappa shape index (κ3) is 23.7. The predicted octanol–water partition coefficient (Wildman–Crippen LogP) is -0.466. The zero-order chi connectivity index (χ0) is 56.0. The normalized spacial score (nSPS) is 10.0. The van der Waals surface area contributed by atoms with Crippen LogP contribution in [-0.2, 0) is 0 Å². The Hall–Kier alpha value is -5.95. The molecule has 0 aliphatic heterocycles. The van der Waals surface area contributed by atoms with E-state index in [1.54, 1.807) is 45.6 Å². The minimum absolute atomic E-state index is 0.00313. The molecule has 0 aliphatic rings. The van der Waals surface area contributed by atoms with Crippen molar-refractivity contribution in [2.45, 2.75) is 13.8 Å². The number of nitro groups is 2. The molecule has 10 rings (SSSR count). The number of hydrogen-bond donors (Lipinski definition) is 0. The van der Waals surface area contributed by atoms with Gasteiger partial charge in [0.05, 0.1) is 31.2 Å². The molecule has 10 aromatic rings. The minimum Gasteiger partial charge on any atom is -0.497 e. The van der Waals surface area contributed by atoms with E-state index in [9.17, 15) is 20.2 Å². The molecular weight excluding hydrogens is 1560 g/mol. The summed E-state index contributed by atoms with van der Waals surface area (Å²) in [6.07, 6.45) is 0. The first-order valence-corrected chi connectivity index (χ1v) is 35.2. The molecule has 0 N–H and O–H groups in total. The van der Waals surface area contributed by atoms with Gasteiger partial charge in [-0.05, 0) is 172 Å². The van der Waals surface area contributed by atoms with Crippen LogP contribution < -0.4 is 120 Å². The quantitative estimate of drug-likeness (QED) is 0.0777. The summed E-state index contributed by atoms with van der Waals surface area (Å²) in [4.78, 5) is 20.2. The van der Waals surface area contributed by atoms with Crippen LogP contribution >= 0.6 is 0 Å². The van der Waals surface area contributed by atoms with Crippen LogP contribution in [0.5, 0.6) is 17.2 Å². The summed E-state index contributed by atoms with van der Waals surface area (Å²) in [6, 6.07) is 87.6. The fourth-order valence-electron chi connectivity index (χ4n) is 6.41. The number of halogens is 5. The smallest absolute Gasteiger partial charge is 0.357 e. The van der Waals surface area contributed by atoms with E-state index >= 15 is 0 Å². The summed E-state index contributed by atoms with van der Waals surface area (Å²) in [5.74, 6) is 2.75. The monoisotopic (exact) mass is 1610 g/mol. The molecule has 0 unspecified atom stereocenters. The lowest BCUT2D eigenvalue weighted by molar-refractivity contribution is -0.597. The molecule has 0 atom stereocenters. The number of nitro benzene ring substituents is 2. The molecule has 10 aromatic carbocycles. The maximum Gasteiger partial charge on any atom is 0.357 e. The first-order valence-electron chi connectivity index (χ1n) is 24.4. The topological polar surface area (TPSA) is 114 Å². The van der Waals surface area contributed by atoms with Crippen LogP contribution in [0.15, 0.2) is 261 Å². The summed E-state index contributed by atoms with van der Waals surface area (Å²) in [5, 5.41) is 21.0. The molecule has 0 heterocycles. The summed E-state index contributed by atoms with van der Waals surface area (Å²) in [5.41, 5.74) is 2.81. The van der Waals surface area contributed by atoms with Crippen LogP contribution in [-0.4, -0.2) is 31.2 Å². The SMILES string of the molecule is COc1ccc([I+]c2ccc(OC)cc2)cc1.COc1ccc([I+]c2ccccc2)cc1.Cc1ccc([I+]c2ccc(C)cc2)cc1.O=[N+]([O-])c1ccc([I+]c2ccc([N+](=O)[O-])cc2)cc1.c1ccc([I+]c2ccccc2)cc1. The Bertz CT molecular complexity index is 3140. The van der Waals surface area contributed by atoms with Gasteiger partial charge in [-0.25, -0.2) is 0 Å². The van der Waals surface area contributed by atoms with Gasteiger partial charge in [0.15, 0.2) is 35.7 Å². The lowest BCUT2D eigenvalue weighted by atomic mass is 10.2. The van der Waals surface area contributed by atoms with Crippen molar-refractivity contribution in [1.82, 2.24) is 0 Å². The summed E-state index contributed by atoms with van der Waals surface area (Å²) < 4.78 is 29.0. The molecule has 0 aliphatic carbocycles. The second-order valence-electron chi connectivity index (χ2n) is 16.4. The van der Waals surface area contributed by atoms with Gasteiger partial charge in [-0.2, -0.15) is 0 Å². The number of non-ortho nitro benzene ring substituents is 2. The number of benzene rings is 10. The predicted molar refractivity (Wildman–Crippen MR) is 294 cm³/mol. The van der Waals surface area contributed by atoms with Crippen molar-refractivity contribution < 1.29 is 130 Å². The molecule has 0 fully saturated rings. The van der Waals surface area contributed by atoms with Crippen molar-refractivity contribution in [3.63, 3.8) is 0 Å². The van der Waals surface area contributed by atoms with E-state index in [4.69, 9.17) is 14.2 Å². The van der Waals surface area contributed by atoms with Crippen LogP contribution in [0.1, 0.15) is 11.1 Å². The van der Waals surface area contributed by atoms with E-state index in [0.717, 1.165) is 24.4 Å². The molecular formula is C65H58I5N2O7+5. The molecule has 400 valence electrons. The highest BCUT2D eigenvalue weighted by atomic mass is 127. The van der Waals surface area contributed by atoms with E-state index in [1.807, 2.05) is 36.4 Å². The summed E-state index contributed by atoms with van der Waals surface area (Å²) in [6.45, 7) is 4.27. The maximum atomic E-state index is 10.5. The van der Waals surface area contributed by atoms with E-state index in [2.05, 4.69) is 190 Å². The first-order chi connectivity index (χ1) is 38.4. The summed E-state index contributed by atoms with van der Waals surface area (Å²) in [7, 11) is 5.07. The van der Waals surface area contributed by atoms with Crippen LogP contribution in [0.4, 0.5) is 11.4 Å². The van der Waals surface area contributed by atoms with Crippen molar-refractivity contribution in [2.24, 2.45) is 0 Å². The van der Waals surface area contributed by atoms with Gasteiger partial charge < -0.3 is 14.2 Å². The van der Waals surface area contributed by atoms with Gasteiger partial charge >= 0.3 is 106 Å². The molecule has 0 spiro atoms. The Kier molecular flexibility index (Phi) is 27.5. The number of hydrogen-bond acceptors (Lipinski definition) is 7. The van der Waals surface area contributed by atoms with E-state index in [0.29, 0.717) is 0 Å². The van der Waals surface area contributed by atoms with Gasteiger partial charge in [-0.1, -0.05) is 90.0 Å². The van der Waals surface area contributed by atoms with Crippen molar-refractivity contribution >= 4 is 11.4 Å². The average molecular weight is 1610 g/mol. The van der Waals surface area contributed by atoms with Gasteiger partial charge in [0.25, 0.3) is 11.4 Å². The Morgan fingerprint density at radius 3 is 0.633 bits per heavy atom. The third-order valence-electron chi connectivity index (χ3n) is 10.5. The average Bonchev–Trinajstić information content (AvgIpc) is 3.49. The third-order valence-corrected chi connectivity index (χ3v) is 24.0. The second kappa shape index (κ2) is 34.9. The molecule has 0 saturated heterocycles. The first kappa shape index (κ1) is 62.3. The zero-order valence-corrected chi connectivity index (χ0v) is 54.8. The maximum absolute atomic E-state index is 10.5. The van der Waals surface area contributed by atoms with Crippen LogP contribution in [0.25, 0.3) is 0 Å². The highest BCUT2D eigenvalue weighted by molar-refractivity contribution is 5.30. The van der Waals surface area contributed by atoms with Crippen LogP contribution in [0, 0.1) is 69.8 Å². The Morgan fingerprint density at radius 2 is 0.443 bits per heavy atom. The lowest BCUT2D eigenvalue weighted by Crippen LogP contribution is -3.61. The van der Waals surface area contributed by atoms with Crippen molar-refractivity contribution in [1.29, 1.82) is 0 Å².